The monoisotopic (exact) mass is 331 g/mol. The molecule has 0 unspecified atom stereocenters. The number of benzene rings is 1. The Morgan fingerprint density at radius 2 is 2.04 bits per heavy atom. The fourth-order valence-corrected chi connectivity index (χ4v) is 2.08. The minimum Gasteiger partial charge on any atom is -0.466 e. The van der Waals surface area contributed by atoms with Gasteiger partial charge >= 0.3 is 17.9 Å². The maximum atomic E-state index is 11.9. The standard InChI is InChI=1S/C15H16F3NO4/c16-15(17,18)7-6-13(20)22-8-2-1-3-10-4-5-11-12(9-10)23-14(21)19-11/h4-5,9H,1-3,6-8H2,(H,19,21). The predicted molar refractivity (Wildman–Crippen MR) is 76.0 cm³/mol. The van der Waals surface area contributed by atoms with E-state index in [1.165, 1.54) is 0 Å². The number of aryl methyl sites for hydroxylation is 1. The molecule has 0 spiro atoms. The van der Waals surface area contributed by atoms with Crippen LogP contribution in [0.15, 0.2) is 27.4 Å². The van der Waals surface area contributed by atoms with Gasteiger partial charge in [-0.15, -0.1) is 0 Å². The predicted octanol–water partition coefficient (Wildman–Crippen LogP) is 3.33. The average Bonchev–Trinajstić information content (AvgIpc) is 2.83. The molecule has 0 saturated carbocycles. The lowest BCUT2D eigenvalue weighted by Crippen LogP contribution is -2.13. The molecule has 0 atom stereocenters. The van der Waals surface area contributed by atoms with Crippen molar-refractivity contribution in [2.24, 2.45) is 0 Å². The van der Waals surface area contributed by atoms with E-state index < -0.39 is 30.7 Å². The maximum absolute atomic E-state index is 11.9. The first-order valence-corrected chi connectivity index (χ1v) is 7.17. The van der Waals surface area contributed by atoms with E-state index in [1.807, 2.05) is 6.07 Å². The third-order valence-electron chi connectivity index (χ3n) is 3.22. The number of ether oxygens (including phenoxy) is 1. The van der Waals surface area contributed by atoms with Crippen molar-refractivity contribution in [3.8, 4) is 0 Å². The van der Waals surface area contributed by atoms with Crippen molar-refractivity contribution in [3.05, 3.63) is 34.3 Å². The molecular formula is C15H16F3NO4. The first-order chi connectivity index (χ1) is 10.8. The van der Waals surface area contributed by atoms with E-state index in [9.17, 15) is 22.8 Å². The molecule has 2 rings (SSSR count). The van der Waals surface area contributed by atoms with Crippen LogP contribution in [0.5, 0.6) is 0 Å². The van der Waals surface area contributed by atoms with Crippen molar-refractivity contribution in [2.75, 3.05) is 6.61 Å². The lowest BCUT2D eigenvalue weighted by molar-refractivity contribution is -0.157. The van der Waals surface area contributed by atoms with Gasteiger partial charge in [-0.25, -0.2) is 4.79 Å². The Morgan fingerprint density at radius 1 is 1.26 bits per heavy atom. The van der Waals surface area contributed by atoms with E-state index in [1.54, 1.807) is 12.1 Å². The topological polar surface area (TPSA) is 72.3 Å². The molecule has 0 aliphatic heterocycles. The molecule has 1 N–H and O–H groups in total. The van der Waals surface area contributed by atoms with Crippen molar-refractivity contribution < 1.29 is 27.1 Å². The number of halogens is 3. The van der Waals surface area contributed by atoms with E-state index in [0.717, 1.165) is 5.56 Å². The normalized spacial score (nSPS) is 11.8. The highest BCUT2D eigenvalue weighted by molar-refractivity contribution is 5.72. The van der Waals surface area contributed by atoms with Crippen molar-refractivity contribution in [1.82, 2.24) is 4.98 Å². The maximum Gasteiger partial charge on any atom is 0.417 e. The summed E-state index contributed by atoms with van der Waals surface area (Å²) in [5.74, 6) is -1.35. The van der Waals surface area contributed by atoms with E-state index in [2.05, 4.69) is 4.98 Å². The zero-order valence-electron chi connectivity index (χ0n) is 12.2. The molecule has 2 aromatic rings. The van der Waals surface area contributed by atoms with Crippen LogP contribution in [0.3, 0.4) is 0 Å². The van der Waals surface area contributed by atoms with Crippen LogP contribution in [0.25, 0.3) is 11.1 Å². The molecule has 0 aliphatic carbocycles. The summed E-state index contributed by atoms with van der Waals surface area (Å²) in [6, 6.07) is 5.35. The zero-order valence-corrected chi connectivity index (χ0v) is 12.2. The summed E-state index contributed by atoms with van der Waals surface area (Å²) in [6.45, 7) is 0.0954. The van der Waals surface area contributed by atoms with Crippen LogP contribution in [-0.4, -0.2) is 23.7 Å². The lowest BCUT2D eigenvalue weighted by Gasteiger charge is -2.07. The van der Waals surface area contributed by atoms with Crippen LogP contribution in [0.1, 0.15) is 31.2 Å². The minimum atomic E-state index is -4.34. The second-order valence-electron chi connectivity index (χ2n) is 5.14. The van der Waals surface area contributed by atoms with Gasteiger partial charge in [0.1, 0.15) is 0 Å². The van der Waals surface area contributed by atoms with Gasteiger partial charge in [-0.05, 0) is 37.0 Å². The number of rotatable bonds is 7. The number of hydrogen-bond acceptors (Lipinski definition) is 4. The Labute approximate surface area is 129 Å². The summed E-state index contributed by atoms with van der Waals surface area (Å²) in [6.07, 6.45) is -4.21. The number of aromatic amines is 1. The third kappa shape index (κ3) is 5.80. The smallest absolute Gasteiger partial charge is 0.417 e. The van der Waals surface area contributed by atoms with Gasteiger partial charge in [-0.1, -0.05) is 6.07 Å². The Balaban J connectivity index is 1.66. The second kappa shape index (κ2) is 7.34. The fraction of sp³-hybridized carbons (Fsp3) is 0.467. The van der Waals surface area contributed by atoms with Crippen LogP contribution < -0.4 is 5.76 Å². The van der Waals surface area contributed by atoms with Gasteiger partial charge in [-0.3, -0.25) is 9.78 Å². The van der Waals surface area contributed by atoms with Crippen LogP contribution >= 0.6 is 0 Å². The number of carbonyl (C=O) groups excluding carboxylic acids is 1. The molecular weight excluding hydrogens is 315 g/mol. The van der Waals surface area contributed by atoms with Gasteiger partial charge in [-0.2, -0.15) is 13.2 Å². The fourth-order valence-electron chi connectivity index (χ4n) is 2.08. The number of carbonyl (C=O) groups is 1. The first-order valence-electron chi connectivity index (χ1n) is 7.17. The number of fused-ring (bicyclic) bond motifs is 1. The second-order valence-corrected chi connectivity index (χ2v) is 5.14. The van der Waals surface area contributed by atoms with Gasteiger partial charge in [0.05, 0.1) is 25.0 Å². The van der Waals surface area contributed by atoms with E-state index in [4.69, 9.17) is 9.15 Å². The zero-order chi connectivity index (χ0) is 16.9. The molecule has 0 bridgehead atoms. The first kappa shape index (κ1) is 17.1. The molecule has 1 aromatic carbocycles. The SMILES string of the molecule is O=C(CCC(F)(F)F)OCCCCc1ccc2[nH]c(=O)oc2c1. The van der Waals surface area contributed by atoms with Gasteiger partial charge in [0.25, 0.3) is 0 Å². The number of alkyl halides is 3. The van der Waals surface area contributed by atoms with Crippen LogP contribution in [0.2, 0.25) is 0 Å². The van der Waals surface area contributed by atoms with Crippen molar-refractivity contribution in [1.29, 1.82) is 0 Å². The third-order valence-corrected chi connectivity index (χ3v) is 3.22. The largest absolute Gasteiger partial charge is 0.466 e. The van der Waals surface area contributed by atoms with Gasteiger partial charge < -0.3 is 9.15 Å². The number of aromatic nitrogens is 1. The summed E-state index contributed by atoms with van der Waals surface area (Å²) in [5, 5.41) is 0. The molecule has 8 heteroatoms. The number of hydrogen-bond donors (Lipinski definition) is 1. The number of H-pyrrole nitrogens is 1. The molecule has 0 radical (unpaired) electrons. The summed E-state index contributed by atoms with van der Waals surface area (Å²) in [7, 11) is 0. The summed E-state index contributed by atoms with van der Waals surface area (Å²) >= 11 is 0. The number of oxazole rings is 1. The summed E-state index contributed by atoms with van der Waals surface area (Å²) < 4.78 is 45.5. The van der Waals surface area contributed by atoms with Crippen molar-refractivity contribution in [3.63, 3.8) is 0 Å². The molecule has 1 aromatic heterocycles. The van der Waals surface area contributed by atoms with E-state index in [-0.39, 0.29) is 6.61 Å². The highest BCUT2D eigenvalue weighted by atomic mass is 19.4. The highest BCUT2D eigenvalue weighted by Gasteiger charge is 2.28. The quantitative estimate of drug-likeness (QED) is 0.624. The Hall–Kier alpha value is -2.25. The molecule has 0 amide bonds. The minimum absolute atomic E-state index is 0.0954. The molecule has 0 saturated heterocycles. The van der Waals surface area contributed by atoms with Crippen LogP contribution in [-0.2, 0) is 16.0 Å². The van der Waals surface area contributed by atoms with E-state index in [0.29, 0.717) is 30.4 Å². The molecule has 126 valence electrons. The molecule has 1 heterocycles. The van der Waals surface area contributed by atoms with E-state index >= 15 is 0 Å². The molecule has 5 nitrogen and oxygen atoms in total. The Bertz CT molecular complexity index is 717. The number of nitrogens with one attached hydrogen (secondary N) is 1. The van der Waals surface area contributed by atoms with Crippen molar-refractivity contribution in [2.45, 2.75) is 38.3 Å². The average molecular weight is 331 g/mol. The molecule has 0 fully saturated rings. The summed E-state index contributed by atoms with van der Waals surface area (Å²) in [5.41, 5.74) is 2.06. The molecule has 23 heavy (non-hydrogen) atoms. The van der Waals surface area contributed by atoms with Crippen LogP contribution in [0, 0.1) is 0 Å². The number of esters is 1. The van der Waals surface area contributed by atoms with Gasteiger partial charge in [0, 0.05) is 0 Å². The van der Waals surface area contributed by atoms with Gasteiger partial charge in [0.15, 0.2) is 5.58 Å². The Kier molecular flexibility index (Phi) is 5.46. The summed E-state index contributed by atoms with van der Waals surface area (Å²) in [4.78, 5) is 24.7. The number of unbranched alkanes of at least 4 members (excludes halogenated alkanes) is 1. The molecule has 0 aliphatic rings. The lowest BCUT2D eigenvalue weighted by atomic mass is 10.1. The Morgan fingerprint density at radius 3 is 2.78 bits per heavy atom. The highest BCUT2D eigenvalue weighted by Crippen LogP contribution is 2.21. The van der Waals surface area contributed by atoms with Crippen molar-refractivity contribution >= 4 is 17.1 Å². The van der Waals surface area contributed by atoms with Gasteiger partial charge in [0.2, 0.25) is 0 Å². The van der Waals surface area contributed by atoms with Crippen LogP contribution in [0.4, 0.5) is 13.2 Å².